The van der Waals surface area contributed by atoms with Gasteiger partial charge in [0.25, 0.3) is 0 Å². The van der Waals surface area contributed by atoms with Crippen molar-refractivity contribution in [3.8, 4) is 0 Å². The number of aliphatic hydroxyl groups excluding tert-OH is 1. The molecular formula is C7H14O5. The maximum Gasteiger partial charge on any atom is 0.305 e. The monoisotopic (exact) mass is 178 g/mol. The first kappa shape index (κ1) is 13.5. The summed E-state index contributed by atoms with van der Waals surface area (Å²) in [4.78, 5) is 19.0. The molecule has 0 amide bonds. The molecule has 0 aliphatic heterocycles. The summed E-state index contributed by atoms with van der Waals surface area (Å²) < 4.78 is 0. The second-order valence-electron chi connectivity index (χ2n) is 2.01. The molecule has 0 aromatic carbocycles. The van der Waals surface area contributed by atoms with E-state index in [0.29, 0.717) is 6.42 Å². The Bertz CT molecular complexity index is 116. The molecule has 0 radical (unpaired) electrons. The lowest BCUT2D eigenvalue weighted by Crippen LogP contribution is -1.96. The minimum Gasteiger partial charge on any atom is -0.481 e. The molecule has 72 valence electrons. The number of carboxylic acids is 2. The number of aliphatic hydroxyl groups is 1. The first-order valence-electron chi connectivity index (χ1n) is 3.59. The van der Waals surface area contributed by atoms with Gasteiger partial charge in [-0.2, -0.15) is 0 Å². The van der Waals surface area contributed by atoms with Gasteiger partial charge in [0, 0.05) is 6.42 Å². The number of hydrogen-bond donors (Lipinski definition) is 3. The molecule has 0 saturated carbocycles. The quantitative estimate of drug-likeness (QED) is 0.576. The molecule has 5 nitrogen and oxygen atoms in total. The Labute approximate surface area is 70.6 Å². The molecule has 3 N–H and O–H groups in total. The zero-order chi connectivity index (χ0) is 9.98. The van der Waals surface area contributed by atoms with Crippen molar-refractivity contribution >= 4 is 11.9 Å². The van der Waals surface area contributed by atoms with E-state index in [-0.39, 0.29) is 13.0 Å². The average Bonchev–Trinajstić information content (AvgIpc) is 1.87. The molecule has 0 aromatic heterocycles. The van der Waals surface area contributed by atoms with Crippen LogP contribution in [0.15, 0.2) is 0 Å². The van der Waals surface area contributed by atoms with Crippen molar-refractivity contribution in [1.82, 2.24) is 0 Å². The van der Waals surface area contributed by atoms with Crippen LogP contribution in [0.2, 0.25) is 0 Å². The molecule has 12 heavy (non-hydrogen) atoms. The van der Waals surface area contributed by atoms with Crippen LogP contribution in [0.1, 0.15) is 26.2 Å². The van der Waals surface area contributed by atoms with Crippen molar-refractivity contribution in [2.45, 2.75) is 26.2 Å². The smallest absolute Gasteiger partial charge is 0.305 e. The highest BCUT2D eigenvalue weighted by atomic mass is 16.4. The van der Waals surface area contributed by atoms with Gasteiger partial charge in [0.1, 0.15) is 0 Å². The Morgan fingerprint density at radius 2 is 1.50 bits per heavy atom. The van der Waals surface area contributed by atoms with Crippen LogP contribution in [0, 0.1) is 0 Å². The minimum absolute atomic E-state index is 0.153. The lowest BCUT2D eigenvalue weighted by Gasteiger charge is -1.79. The summed E-state index contributed by atoms with van der Waals surface area (Å²) in [6.07, 6.45) is 0.870. The highest BCUT2D eigenvalue weighted by molar-refractivity contribution is 5.66. The van der Waals surface area contributed by atoms with Crippen LogP contribution in [-0.2, 0) is 9.59 Å². The largest absolute Gasteiger partial charge is 0.481 e. The Morgan fingerprint density at radius 3 is 1.50 bits per heavy atom. The maximum atomic E-state index is 9.60. The number of carbonyl (C=O) groups is 2. The Balaban J connectivity index is 0. The first-order chi connectivity index (χ1) is 5.54. The predicted molar refractivity (Wildman–Crippen MR) is 41.9 cm³/mol. The molecule has 0 saturated heterocycles. The van der Waals surface area contributed by atoms with Gasteiger partial charge >= 0.3 is 11.9 Å². The predicted octanol–water partition coefficient (Wildman–Crippen LogP) is 0.325. The molecule has 0 aromatic rings. The van der Waals surface area contributed by atoms with Crippen LogP contribution < -0.4 is 0 Å². The van der Waals surface area contributed by atoms with Crippen LogP contribution in [0.5, 0.6) is 0 Å². The topological polar surface area (TPSA) is 94.8 Å². The zero-order valence-electron chi connectivity index (χ0n) is 6.99. The second kappa shape index (κ2) is 9.90. The number of carboxylic acid groups (broad SMARTS) is 2. The third kappa shape index (κ3) is 23.1. The number of rotatable bonds is 4. The highest BCUT2D eigenvalue weighted by Gasteiger charge is 1.88. The third-order valence-electron chi connectivity index (χ3n) is 0.790. The van der Waals surface area contributed by atoms with E-state index in [1.807, 2.05) is 6.92 Å². The highest BCUT2D eigenvalue weighted by Crippen LogP contribution is 1.82. The van der Waals surface area contributed by atoms with Crippen LogP contribution in [0.4, 0.5) is 0 Å². The summed E-state index contributed by atoms with van der Waals surface area (Å²) in [6, 6.07) is 0. The van der Waals surface area contributed by atoms with Crippen LogP contribution in [0.25, 0.3) is 0 Å². The lowest BCUT2D eigenvalue weighted by molar-refractivity contribution is -0.138. The standard InChI is InChI=1S/C4H8O2.C3H6O3/c1-2-3-4(5)6;4-2-1-3(5)6/h2-3H2,1H3,(H,5,6);4H,1-2H2,(H,5,6). The van der Waals surface area contributed by atoms with E-state index < -0.39 is 11.9 Å². The zero-order valence-corrected chi connectivity index (χ0v) is 6.99. The van der Waals surface area contributed by atoms with E-state index in [0.717, 1.165) is 6.42 Å². The van der Waals surface area contributed by atoms with Crippen molar-refractivity contribution in [3.63, 3.8) is 0 Å². The SMILES string of the molecule is CCCC(=O)O.O=C(O)CCO. The number of aliphatic carboxylic acids is 2. The fraction of sp³-hybridized carbons (Fsp3) is 0.714. The molecule has 0 fully saturated rings. The van der Waals surface area contributed by atoms with E-state index in [1.54, 1.807) is 0 Å². The molecule has 0 bridgehead atoms. The van der Waals surface area contributed by atoms with Gasteiger partial charge in [0.2, 0.25) is 0 Å². The number of hydrogen-bond acceptors (Lipinski definition) is 3. The summed E-state index contributed by atoms with van der Waals surface area (Å²) in [7, 11) is 0. The fourth-order valence-corrected chi connectivity index (χ4v) is 0.310. The van der Waals surface area contributed by atoms with E-state index in [2.05, 4.69) is 0 Å². The van der Waals surface area contributed by atoms with Crippen LogP contribution in [-0.4, -0.2) is 33.9 Å². The first-order valence-corrected chi connectivity index (χ1v) is 3.59. The van der Waals surface area contributed by atoms with Gasteiger partial charge in [-0.1, -0.05) is 6.92 Å². The van der Waals surface area contributed by atoms with Crippen molar-refractivity contribution < 1.29 is 24.9 Å². The van der Waals surface area contributed by atoms with Gasteiger partial charge in [-0.05, 0) is 6.42 Å². The second-order valence-corrected chi connectivity index (χ2v) is 2.01. The molecule has 5 heteroatoms. The van der Waals surface area contributed by atoms with Crippen LogP contribution >= 0.6 is 0 Å². The molecule has 0 aliphatic rings. The molecule has 0 aliphatic carbocycles. The third-order valence-corrected chi connectivity index (χ3v) is 0.790. The van der Waals surface area contributed by atoms with Crippen molar-refractivity contribution in [1.29, 1.82) is 0 Å². The van der Waals surface area contributed by atoms with Gasteiger partial charge in [0.05, 0.1) is 13.0 Å². The van der Waals surface area contributed by atoms with E-state index in [4.69, 9.17) is 15.3 Å². The lowest BCUT2D eigenvalue weighted by atomic mass is 10.4. The Morgan fingerprint density at radius 1 is 1.08 bits per heavy atom. The Kier molecular flexibility index (Phi) is 11.1. The average molecular weight is 178 g/mol. The summed E-state index contributed by atoms with van der Waals surface area (Å²) in [5.41, 5.74) is 0. The fourth-order valence-electron chi connectivity index (χ4n) is 0.310. The molecular weight excluding hydrogens is 164 g/mol. The molecule has 0 unspecified atom stereocenters. The van der Waals surface area contributed by atoms with Crippen molar-refractivity contribution in [3.05, 3.63) is 0 Å². The molecule has 0 spiro atoms. The minimum atomic E-state index is -0.961. The van der Waals surface area contributed by atoms with Crippen LogP contribution in [0.3, 0.4) is 0 Å². The molecule has 0 rings (SSSR count). The maximum absolute atomic E-state index is 9.60. The van der Waals surface area contributed by atoms with E-state index in [1.165, 1.54) is 0 Å². The summed E-state index contributed by atoms with van der Waals surface area (Å²) in [5, 5.41) is 23.5. The van der Waals surface area contributed by atoms with Gasteiger partial charge < -0.3 is 15.3 Å². The summed E-state index contributed by atoms with van der Waals surface area (Å²) in [6.45, 7) is 1.57. The van der Waals surface area contributed by atoms with E-state index >= 15 is 0 Å². The van der Waals surface area contributed by atoms with Gasteiger partial charge in [-0.15, -0.1) is 0 Å². The Hall–Kier alpha value is -1.10. The van der Waals surface area contributed by atoms with Crippen molar-refractivity contribution in [2.24, 2.45) is 0 Å². The van der Waals surface area contributed by atoms with Gasteiger partial charge in [0.15, 0.2) is 0 Å². The van der Waals surface area contributed by atoms with Crippen molar-refractivity contribution in [2.75, 3.05) is 6.61 Å². The normalized spacial score (nSPS) is 8.17. The van der Waals surface area contributed by atoms with Gasteiger partial charge in [-0.3, -0.25) is 9.59 Å². The molecule has 0 atom stereocenters. The summed E-state index contributed by atoms with van der Waals surface area (Å²) >= 11 is 0. The molecule has 0 heterocycles. The summed E-state index contributed by atoms with van der Waals surface area (Å²) in [5.74, 6) is -1.67. The van der Waals surface area contributed by atoms with E-state index in [9.17, 15) is 9.59 Å². The van der Waals surface area contributed by atoms with Gasteiger partial charge in [-0.25, -0.2) is 0 Å².